The van der Waals surface area contributed by atoms with E-state index in [1.54, 1.807) is 6.92 Å². The predicted molar refractivity (Wildman–Crippen MR) is 80.1 cm³/mol. The van der Waals surface area contributed by atoms with Gasteiger partial charge in [0.25, 0.3) is 10.0 Å². The molecule has 0 saturated heterocycles. The summed E-state index contributed by atoms with van der Waals surface area (Å²) in [5.41, 5.74) is 1.14. The fourth-order valence-corrected chi connectivity index (χ4v) is 2.90. The monoisotopic (exact) mass is 316 g/mol. The molecule has 2 N–H and O–H groups in total. The third kappa shape index (κ3) is 3.24. The van der Waals surface area contributed by atoms with E-state index in [0.717, 1.165) is 0 Å². The number of carboxylic acid groups (broad SMARTS) is 1. The van der Waals surface area contributed by atoms with Crippen molar-refractivity contribution in [2.75, 3.05) is 4.72 Å². The highest BCUT2D eigenvalue weighted by molar-refractivity contribution is 7.92. The van der Waals surface area contributed by atoms with Gasteiger partial charge in [0.05, 0.1) is 27.8 Å². The second kappa shape index (κ2) is 5.87. The van der Waals surface area contributed by atoms with Crippen molar-refractivity contribution in [3.8, 4) is 6.07 Å². The molecule has 0 aromatic heterocycles. The van der Waals surface area contributed by atoms with Gasteiger partial charge in [-0.2, -0.15) is 5.26 Å². The molecule has 0 aliphatic rings. The quantitative estimate of drug-likeness (QED) is 0.900. The normalized spacial score (nSPS) is 10.7. The lowest BCUT2D eigenvalue weighted by Gasteiger charge is -2.11. The number of aromatic carboxylic acids is 1. The van der Waals surface area contributed by atoms with Crippen LogP contribution < -0.4 is 4.72 Å². The highest BCUT2D eigenvalue weighted by Gasteiger charge is 2.16. The Balaban J connectivity index is 2.38. The molecule has 2 aromatic rings. The van der Waals surface area contributed by atoms with Crippen LogP contribution in [0.1, 0.15) is 21.5 Å². The molecule has 0 atom stereocenters. The van der Waals surface area contributed by atoms with Crippen LogP contribution in [0.5, 0.6) is 0 Å². The van der Waals surface area contributed by atoms with Gasteiger partial charge >= 0.3 is 5.97 Å². The summed E-state index contributed by atoms with van der Waals surface area (Å²) in [5.74, 6) is -1.14. The molecule has 22 heavy (non-hydrogen) atoms. The first-order valence-electron chi connectivity index (χ1n) is 6.20. The number of carbonyl (C=O) groups is 1. The van der Waals surface area contributed by atoms with Crippen molar-refractivity contribution in [2.24, 2.45) is 0 Å². The van der Waals surface area contributed by atoms with Gasteiger partial charge in [0, 0.05) is 0 Å². The Hall–Kier alpha value is -2.85. The van der Waals surface area contributed by atoms with Gasteiger partial charge in [0.1, 0.15) is 0 Å². The zero-order valence-electron chi connectivity index (χ0n) is 11.6. The molecule has 0 heterocycles. The topological polar surface area (TPSA) is 107 Å². The third-order valence-electron chi connectivity index (χ3n) is 3.02. The van der Waals surface area contributed by atoms with Crippen molar-refractivity contribution in [1.82, 2.24) is 0 Å². The maximum atomic E-state index is 12.3. The Morgan fingerprint density at radius 3 is 2.36 bits per heavy atom. The fourth-order valence-electron chi connectivity index (χ4n) is 1.78. The highest BCUT2D eigenvalue weighted by atomic mass is 32.2. The average molecular weight is 316 g/mol. The molecule has 0 radical (unpaired) electrons. The molecular weight excluding hydrogens is 304 g/mol. The molecular formula is C15H12N2O4S. The van der Waals surface area contributed by atoms with Gasteiger partial charge < -0.3 is 5.11 Å². The maximum Gasteiger partial charge on any atom is 0.335 e. The van der Waals surface area contributed by atoms with Crippen LogP contribution in [0.3, 0.4) is 0 Å². The summed E-state index contributed by atoms with van der Waals surface area (Å²) < 4.78 is 26.9. The first-order chi connectivity index (χ1) is 10.3. The van der Waals surface area contributed by atoms with Crippen molar-refractivity contribution in [1.29, 1.82) is 5.26 Å². The van der Waals surface area contributed by atoms with E-state index in [-0.39, 0.29) is 16.1 Å². The Bertz CT molecular complexity index is 865. The summed E-state index contributed by atoms with van der Waals surface area (Å²) in [6, 6.07) is 11.5. The minimum absolute atomic E-state index is 0.00775. The van der Waals surface area contributed by atoms with Gasteiger partial charge in [-0.25, -0.2) is 13.2 Å². The SMILES string of the molecule is Cc1ccc(C(=O)O)cc1NS(=O)(=O)c1ccc(C#N)cc1. The summed E-state index contributed by atoms with van der Waals surface area (Å²) in [4.78, 5) is 11.0. The molecule has 2 rings (SSSR count). The summed E-state index contributed by atoms with van der Waals surface area (Å²) in [6.45, 7) is 1.67. The molecule has 0 spiro atoms. The largest absolute Gasteiger partial charge is 0.478 e. The molecule has 6 nitrogen and oxygen atoms in total. The van der Waals surface area contributed by atoms with E-state index in [0.29, 0.717) is 11.1 Å². The van der Waals surface area contributed by atoms with Gasteiger partial charge in [-0.1, -0.05) is 6.07 Å². The van der Waals surface area contributed by atoms with E-state index >= 15 is 0 Å². The number of benzene rings is 2. The molecule has 0 bridgehead atoms. The van der Waals surface area contributed by atoms with Crippen LogP contribution in [-0.2, 0) is 10.0 Å². The number of aryl methyl sites for hydroxylation is 1. The van der Waals surface area contributed by atoms with E-state index in [9.17, 15) is 13.2 Å². The second-order valence-electron chi connectivity index (χ2n) is 4.58. The Kier molecular flexibility index (Phi) is 4.15. The summed E-state index contributed by atoms with van der Waals surface area (Å²) in [7, 11) is -3.86. The van der Waals surface area contributed by atoms with Gasteiger partial charge in [-0.05, 0) is 48.9 Å². The summed E-state index contributed by atoms with van der Waals surface area (Å²) in [5, 5.41) is 17.7. The molecule has 0 aliphatic carbocycles. The number of hydrogen-bond acceptors (Lipinski definition) is 4. The van der Waals surface area contributed by atoms with E-state index in [4.69, 9.17) is 10.4 Å². The Morgan fingerprint density at radius 1 is 1.18 bits per heavy atom. The number of carboxylic acids is 1. The Morgan fingerprint density at radius 2 is 1.82 bits per heavy atom. The summed E-state index contributed by atoms with van der Waals surface area (Å²) in [6.07, 6.45) is 0. The van der Waals surface area contributed by atoms with Crippen molar-refractivity contribution in [2.45, 2.75) is 11.8 Å². The van der Waals surface area contributed by atoms with Crippen LogP contribution in [0.15, 0.2) is 47.4 Å². The van der Waals surface area contributed by atoms with Crippen molar-refractivity contribution >= 4 is 21.7 Å². The minimum Gasteiger partial charge on any atom is -0.478 e. The molecule has 0 aliphatic heterocycles. The van der Waals surface area contributed by atoms with Crippen LogP contribution >= 0.6 is 0 Å². The van der Waals surface area contributed by atoms with Crippen LogP contribution in [0.2, 0.25) is 0 Å². The van der Waals surface area contributed by atoms with Gasteiger partial charge in [0.15, 0.2) is 0 Å². The standard InChI is InChI=1S/C15H12N2O4S/c1-10-2-5-12(15(18)19)8-14(10)17-22(20,21)13-6-3-11(9-16)4-7-13/h2-8,17H,1H3,(H,18,19). The van der Waals surface area contributed by atoms with Crippen molar-refractivity contribution in [3.05, 3.63) is 59.2 Å². The molecule has 0 amide bonds. The smallest absolute Gasteiger partial charge is 0.335 e. The van der Waals surface area contributed by atoms with Crippen molar-refractivity contribution in [3.63, 3.8) is 0 Å². The third-order valence-corrected chi connectivity index (χ3v) is 4.40. The molecule has 0 saturated carbocycles. The lowest BCUT2D eigenvalue weighted by molar-refractivity contribution is 0.0697. The average Bonchev–Trinajstić information content (AvgIpc) is 2.49. The van der Waals surface area contributed by atoms with Crippen LogP contribution in [-0.4, -0.2) is 19.5 Å². The Labute approximate surface area is 127 Å². The molecule has 2 aromatic carbocycles. The second-order valence-corrected chi connectivity index (χ2v) is 6.26. The van der Waals surface area contributed by atoms with E-state index in [1.807, 2.05) is 6.07 Å². The zero-order chi connectivity index (χ0) is 16.3. The van der Waals surface area contributed by atoms with E-state index in [1.165, 1.54) is 42.5 Å². The van der Waals surface area contributed by atoms with E-state index < -0.39 is 16.0 Å². The number of hydrogen-bond donors (Lipinski definition) is 2. The lowest BCUT2D eigenvalue weighted by Crippen LogP contribution is -2.14. The van der Waals surface area contributed by atoms with Crippen LogP contribution in [0, 0.1) is 18.3 Å². The number of nitrogens with one attached hydrogen (secondary N) is 1. The molecule has 0 fully saturated rings. The van der Waals surface area contributed by atoms with Gasteiger partial charge in [-0.15, -0.1) is 0 Å². The zero-order valence-corrected chi connectivity index (χ0v) is 12.4. The molecule has 112 valence electrons. The van der Waals surface area contributed by atoms with Crippen molar-refractivity contribution < 1.29 is 18.3 Å². The number of nitriles is 1. The van der Waals surface area contributed by atoms with Crippen LogP contribution in [0.4, 0.5) is 5.69 Å². The van der Waals surface area contributed by atoms with Crippen LogP contribution in [0.25, 0.3) is 0 Å². The maximum absolute atomic E-state index is 12.3. The number of anilines is 1. The van der Waals surface area contributed by atoms with Gasteiger partial charge in [-0.3, -0.25) is 4.72 Å². The molecule has 7 heteroatoms. The fraction of sp³-hybridized carbons (Fsp3) is 0.0667. The number of rotatable bonds is 4. The first kappa shape index (κ1) is 15.5. The van der Waals surface area contributed by atoms with E-state index in [2.05, 4.69) is 4.72 Å². The number of nitrogens with zero attached hydrogens (tertiary/aromatic N) is 1. The lowest BCUT2D eigenvalue weighted by atomic mass is 10.1. The molecule has 0 unspecified atom stereocenters. The van der Waals surface area contributed by atoms with Gasteiger partial charge in [0.2, 0.25) is 0 Å². The number of sulfonamides is 1. The predicted octanol–water partition coefficient (Wildman–Crippen LogP) is 2.37. The first-order valence-corrected chi connectivity index (χ1v) is 7.69. The summed E-state index contributed by atoms with van der Waals surface area (Å²) >= 11 is 0. The highest BCUT2D eigenvalue weighted by Crippen LogP contribution is 2.21. The minimum atomic E-state index is -3.86.